The molecule has 1 atom stereocenters. The number of ether oxygens (including phenoxy) is 1. The first kappa shape index (κ1) is 18.9. The van der Waals surface area contributed by atoms with E-state index in [1.807, 2.05) is 53.4 Å². The molecule has 1 saturated heterocycles. The maximum Gasteiger partial charge on any atom is 0.257 e. The second kappa shape index (κ2) is 8.70. The quantitative estimate of drug-likeness (QED) is 0.811. The van der Waals surface area contributed by atoms with Crippen LogP contribution in [0.5, 0.6) is 11.5 Å². The van der Waals surface area contributed by atoms with Gasteiger partial charge in [0.15, 0.2) is 0 Å². The Bertz CT molecular complexity index is 806. The molecule has 0 N–H and O–H groups in total. The van der Waals surface area contributed by atoms with Gasteiger partial charge in [-0.05, 0) is 30.2 Å². The van der Waals surface area contributed by atoms with Gasteiger partial charge in [-0.15, -0.1) is 0 Å². The predicted molar refractivity (Wildman–Crippen MR) is 105 cm³/mol. The minimum absolute atomic E-state index is 0.0285. The molecular formula is C22H25N3O2. The molecule has 1 fully saturated rings. The molecule has 1 heterocycles. The first-order valence-electron chi connectivity index (χ1n) is 9.35. The van der Waals surface area contributed by atoms with E-state index in [-0.39, 0.29) is 17.9 Å². The Balaban J connectivity index is 1.70. The third-order valence-electron chi connectivity index (χ3n) is 4.85. The van der Waals surface area contributed by atoms with E-state index in [0.717, 1.165) is 0 Å². The molecule has 0 aliphatic carbocycles. The van der Waals surface area contributed by atoms with Gasteiger partial charge in [-0.2, -0.15) is 5.26 Å². The summed E-state index contributed by atoms with van der Waals surface area (Å²) in [6, 6.07) is 19.1. The van der Waals surface area contributed by atoms with Crippen LogP contribution >= 0.6 is 0 Å². The van der Waals surface area contributed by atoms with Gasteiger partial charge in [-0.1, -0.05) is 44.2 Å². The summed E-state index contributed by atoms with van der Waals surface area (Å²) < 4.78 is 5.93. The van der Waals surface area contributed by atoms with Gasteiger partial charge < -0.3 is 9.64 Å². The molecular weight excluding hydrogens is 338 g/mol. The standard InChI is InChI=1S/C22H25N3O2/c1-17(2)20(16-23)24-12-14-25(15-13-24)22(26)19-10-6-7-11-21(19)27-18-8-4-3-5-9-18/h3-11,17,20H,12-15H2,1-2H3. The number of carbonyl (C=O) groups is 1. The van der Waals surface area contributed by atoms with Gasteiger partial charge in [0.25, 0.3) is 5.91 Å². The summed E-state index contributed by atoms with van der Waals surface area (Å²) in [6.07, 6.45) is 0. The fourth-order valence-electron chi connectivity index (χ4n) is 3.37. The summed E-state index contributed by atoms with van der Waals surface area (Å²) in [4.78, 5) is 17.1. The van der Waals surface area contributed by atoms with Crippen molar-refractivity contribution >= 4 is 5.91 Å². The maximum atomic E-state index is 13.1. The number of para-hydroxylation sites is 2. The lowest BCUT2D eigenvalue weighted by molar-refractivity contribution is 0.0574. The van der Waals surface area contributed by atoms with Crippen LogP contribution in [0.4, 0.5) is 0 Å². The Kier molecular flexibility index (Phi) is 6.10. The van der Waals surface area contributed by atoms with Crippen molar-refractivity contribution in [3.8, 4) is 17.6 Å². The molecule has 2 aromatic rings. The van der Waals surface area contributed by atoms with Crippen molar-refractivity contribution in [1.29, 1.82) is 5.26 Å². The van der Waals surface area contributed by atoms with Crippen molar-refractivity contribution in [3.63, 3.8) is 0 Å². The molecule has 0 saturated carbocycles. The second-order valence-corrected chi connectivity index (χ2v) is 7.06. The van der Waals surface area contributed by atoms with E-state index in [0.29, 0.717) is 43.2 Å². The van der Waals surface area contributed by atoms with Crippen molar-refractivity contribution in [3.05, 3.63) is 60.2 Å². The molecule has 0 bridgehead atoms. The molecule has 5 nitrogen and oxygen atoms in total. The third-order valence-corrected chi connectivity index (χ3v) is 4.85. The highest BCUT2D eigenvalue weighted by Crippen LogP contribution is 2.26. The second-order valence-electron chi connectivity index (χ2n) is 7.06. The van der Waals surface area contributed by atoms with Crippen LogP contribution in [0.3, 0.4) is 0 Å². The number of rotatable bonds is 5. The van der Waals surface area contributed by atoms with E-state index >= 15 is 0 Å². The van der Waals surface area contributed by atoms with Gasteiger partial charge in [0.2, 0.25) is 0 Å². The van der Waals surface area contributed by atoms with Crippen molar-refractivity contribution in [1.82, 2.24) is 9.80 Å². The number of nitrogens with zero attached hydrogens (tertiary/aromatic N) is 3. The molecule has 0 radical (unpaired) electrons. The van der Waals surface area contributed by atoms with Crippen molar-refractivity contribution in [2.45, 2.75) is 19.9 Å². The SMILES string of the molecule is CC(C)C(C#N)N1CCN(C(=O)c2ccccc2Oc2ccccc2)CC1. The zero-order valence-corrected chi connectivity index (χ0v) is 15.8. The average Bonchev–Trinajstić information content (AvgIpc) is 2.69. The van der Waals surface area contributed by atoms with E-state index in [9.17, 15) is 10.1 Å². The number of hydrogen-bond acceptors (Lipinski definition) is 4. The molecule has 1 aliphatic heterocycles. The van der Waals surface area contributed by atoms with E-state index in [4.69, 9.17) is 4.74 Å². The van der Waals surface area contributed by atoms with E-state index in [1.54, 1.807) is 6.07 Å². The lowest BCUT2D eigenvalue weighted by atomic mass is 10.0. The van der Waals surface area contributed by atoms with E-state index in [2.05, 4.69) is 24.8 Å². The molecule has 1 amide bonds. The molecule has 2 aromatic carbocycles. The Hall–Kier alpha value is -2.84. The largest absolute Gasteiger partial charge is 0.457 e. The topological polar surface area (TPSA) is 56.6 Å². The summed E-state index contributed by atoms with van der Waals surface area (Å²) in [7, 11) is 0. The number of nitriles is 1. The van der Waals surface area contributed by atoms with Crippen LogP contribution in [-0.4, -0.2) is 47.9 Å². The Morgan fingerprint density at radius 1 is 1.00 bits per heavy atom. The van der Waals surface area contributed by atoms with Gasteiger partial charge in [-0.25, -0.2) is 0 Å². The first-order chi connectivity index (χ1) is 13.1. The fourth-order valence-corrected chi connectivity index (χ4v) is 3.37. The van der Waals surface area contributed by atoms with Gasteiger partial charge in [0.05, 0.1) is 11.6 Å². The Morgan fingerprint density at radius 3 is 2.26 bits per heavy atom. The first-order valence-corrected chi connectivity index (χ1v) is 9.35. The lowest BCUT2D eigenvalue weighted by Crippen LogP contribution is -2.52. The number of benzene rings is 2. The van der Waals surface area contributed by atoms with E-state index < -0.39 is 0 Å². The molecule has 27 heavy (non-hydrogen) atoms. The highest BCUT2D eigenvalue weighted by molar-refractivity contribution is 5.97. The minimum atomic E-state index is -0.101. The van der Waals surface area contributed by atoms with Crippen molar-refractivity contribution in [2.75, 3.05) is 26.2 Å². The monoisotopic (exact) mass is 363 g/mol. The predicted octanol–water partition coefficient (Wildman–Crippen LogP) is 3.78. The maximum absolute atomic E-state index is 13.1. The van der Waals surface area contributed by atoms with Crippen LogP contribution < -0.4 is 4.74 Å². The van der Waals surface area contributed by atoms with Crippen LogP contribution in [0.1, 0.15) is 24.2 Å². The van der Waals surface area contributed by atoms with Crippen LogP contribution in [-0.2, 0) is 0 Å². The summed E-state index contributed by atoms with van der Waals surface area (Å²) >= 11 is 0. The lowest BCUT2D eigenvalue weighted by Gasteiger charge is -2.38. The molecule has 0 spiro atoms. The zero-order valence-electron chi connectivity index (χ0n) is 15.8. The fraction of sp³-hybridized carbons (Fsp3) is 0.364. The molecule has 3 rings (SSSR count). The molecule has 5 heteroatoms. The van der Waals surface area contributed by atoms with Crippen LogP contribution in [0, 0.1) is 17.2 Å². The summed E-state index contributed by atoms with van der Waals surface area (Å²) in [5.74, 6) is 1.51. The summed E-state index contributed by atoms with van der Waals surface area (Å²) in [5, 5.41) is 9.39. The number of hydrogen-bond donors (Lipinski definition) is 0. The summed E-state index contributed by atoms with van der Waals surface area (Å²) in [6.45, 7) is 6.77. The molecule has 140 valence electrons. The Morgan fingerprint density at radius 2 is 1.63 bits per heavy atom. The van der Waals surface area contributed by atoms with Crippen molar-refractivity contribution in [2.24, 2.45) is 5.92 Å². The van der Waals surface area contributed by atoms with Crippen LogP contribution in [0.15, 0.2) is 54.6 Å². The van der Waals surface area contributed by atoms with Gasteiger partial charge >= 0.3 is 0 Å². The average molecular weight is 363 g/mol. The van der Waals surface area contributed by atoms with E-state index in [1.165, 1.54) is 0 Å². The third kappa shape index (κ3) is 4.47. The van der Waals surface area contributed by atoms with Crippen LogP contribution in [0.2, 0.25) is 0 Å². The van der Waals surface area contributed by atoms with Gasteiger partial charge in [-0.3, -0.25) is 9.69 Å². The minimum Gasteiger partial charge on any atom is -0.457 e. The van der Waals surface area contributed by atoms with Gasteiger partial charge in [0, 0.05) is 26.2 Å². The number of piperazine rings is 1. The Labute approximate surface area is 160 Å². The molecule has 0 aromatic heterocycles. The zero-order chi connectivity index (χ0) is 19.2. The highest BCUT2D eigenvalue weighted by Gasteiger charge is 2.29. The highest BCUT2D eigenvalue weighted by atomic mass is 16.5. The molecule has 1 aliphatic rings. The smallest absolute Gasteiger partial charge is 0.257 e. The molecule has 1 unspecified atom stereocenters. The number of amides is 1. The van der Waals surface area contributed by atoms with Crippen molar-refractivity contribution < 1.29 is 9.53 Å². The normalized spacial score (nSPS) is 16.0. The van der Waals surface area contributed by atoms with Crippen LogP contribution in [0.25, 0.3) is 0 Å². The van der Waals surface area contributed by atoms with Gasteiger partial charge in [0.1, 0.15) is 17.5 Å². The summed E-state index contributed by atoms with van der Waals surface area (Å²) in [5.41, 5.74) is 0.565. The number of carbonyl (C=O) groups excluding carboxylic acids is 1.